The van der Waals surface area contributed by atoms with Crippen molar-refractivity contribution in [3.63, 3.8) is 0 Å². The normalized spacial score (nSPS) is 16.8. The molecule has 2 rings (SSSR count). The maximum Gasteiger partial charge on any atom is 0.261 e. The van der Waals surface area contributed by atoms with Crippen LogP contribution in [0.25, 0.3) is 0 Å². The van der Waals surface area contributed by atoms with Crippen molar-refractivity contribution in [1.29, 1.82) is 5.26 Å². The highest BCUT2D eigenvalue weighted by Crippen LogP contribution is 2.20. The predicted molar refractivity (Wildman–Crippen MR) is 70.7 cm³/mol. The van der Waals surface area contributed by atoms with Crippen LogP contribution < -0.4 is 5.48 Å². The standard InChI is InChI=1S/C15H18N2O2/c16-11-13(10-12-6-2-1-3-7-12)15(18)17-19-14-8-4-5-9-14/h1-3,6-7,13-14H,4-5,8-10H2,(H,17,18). The van der Waals surface area contributed by atoms with Crippen molar-refractivity contribution in [3.05, 3.63) is 35.9 Å². The molecule has 0 aliphatic heterocycles. The molecule has 0 spiro atoms. The van der Waals surface area contributed by atoms with Gasteiger partial charge in [-0.1, -0.05) is 43.2 Å². The van der Waals surface area contributed by atoms with E-state index in [9.17, 15) is 4.79 Å². The molecule has 1 N–H and O–H groups in total. The van der Waals surface area contributed by atoms with Crippen LogP contribution in [0.15, 0.2) is 30.3 Å². The van der Waals surface area contributed by atoms with E-state index in [1.54, 1.807) is 0 Å². The quantitative estimate of drug-likeness (QED) is 0.825. The second-order valence-corrected chi connectivity index (χ2v) is 4.86. The Morgan fingerprint density at radius 3 is 2.68 bits per heavy atom. The summed E-state index contributed by atoms with van der Waals surface area (Å²) in [5.41, 5.74) is 3.41. The fraction of sp³-hybridized carbons (Fsp3) is 0.467. The summed E-state index contributed by atoms with van der Waals surface area (Å²) in [6.07, 6.45) is 4.78. The molecule has 1 aromatic rings. The SMILES string of the molecule is N#CC(Cc1ccccc1)C(=O)NOC1CCCC1. The first-order chi connectivity index (χ1) is 9.29. The number of nitrogens with zero attached hydrogens (tertiary/aromatic N) is 1. The van der Waals surface area contributed by atoms with Crippen LogP contribution in [0.1, 0.15) is 31.2 Å². The van der Waals surface area contributed by atoms with Crippen LogP contribution in [0.4, 0.5) is 0 Å². The molecule has 1 atom stereocenters. The van der Waals surface area contributed by atoms with Crippen molar-refractivity contribution in [3.8, 4) is 6.07 Å². The third-order valence-corrected chi connectivity index (χ3v) is 3.38. The van der Waals surface area contributed by atoms with E-state index in [0.29, 0.717) is 6.42 Å². The molecule has 1 aromatic carbocycles. The number of hydroxylamine groups is 1. The van der Waals surface area contributed by atoms with Crippen LogP contribution in [-0.4, -0.2) is 12.0 Å². The number of hydrogen-bond donors (Lipinski definition) is 1. The van der Waals surface area contributed by atoms with Gasteiger partial charge in [0.05, 0.1) is 12.2 Å². The van der Waals surface area contributed by atoms with Gasteiger partial charge in [-0.15, -0.1) is 0 Å². The van der Waals surface area contributed by atoms with Gasteiger partial charge in [0.1, 0.15) is 5.92 Å². The average molecular weight is 258 g/mol. The van der Waals surface area contributed by atoms with Crippen LogP contribution in [0.3, 0.4) is 0 Å². The van der Waals surface area contributed by atoms with E-state index >= 15 is 0 Å². The van der Waals surface area contributed by atoms with Gasteiger partial charge < -0.3 is 0 Å². The van der Waals surface area contributed by atoms with Gasteiger partial charge in [0.15, 0.2) is 0 Å². The molecule has 1 unspecified atom stereocenters. The Kier molecular flexibility index (Phi) is 4.93. The lowest BCUT2D eigenvalue weighted by Crippen LogP contribution is -2.34. The molecule has 1 aliphatic carbocycles. The molecule has 0 heterocycles. The first kappa shape index (κ1) is 13.6. The molecule has 19 heavy (non-hydrogen) atoms. The number of carbonyl (C=O) groups excluding carboxylic acids is 1. The van der Waals surface area contributed by atoms with Gasteiger partial charge in [-0.3, -0.25) is 9.63 Å². The maximum absolute atomic E-state index is 11.9. The number of nitriles is 1. The topological polar surface area (TPSA) is 62.1 Å². The Bertz CT molecular complexity index is 447. The summed E-state index contributed by atoms with van der Waals surface area (Å²) in [6.45, 7) is 0. The Morgan fingerprint density at radius 2 is 2.05 bits per heavy atom. The maximum atomic E-state index is 11.9. The Labute approximate surface area is 113 Å². The Morgan fingerprint density at radius 1 is 1.37 bits per heavy atom. The third kappa shape index (κ3) is 4.08. The Balaban J connectivity index is 1.83. The largest absolute Gasteiger partial charge is 0.271 e. The zero-order valence-corrected chi connectivity index (χ0v) is 10.8. The van der Waals surface area contributed by atoms with E-state index in [1.165, 1.54) is 0 Å². The van der Waals surface area contributed by atoms with Gasteiger partial charge in [0, 0.05) is 0 Å². The summed E-state index contributed by atoms with van der Waals surface area (Å²) < 4.78 is 0. The van der Waals surface area contributed by atoms with Gasteiger partial charge in [-0.2, -0.15) is 5.26 Å². The molecule has 0 radical (unpaired) electrons. The molecule has 1 saturated carbocycles. The molecule has 4 nitrogen and oxygen atoms in total. The summed E-state index contributed by atoms with van der Waals surface area (Å²) >= 11 is 0. The van der Waals surface area contributed by atoms with E-state index in [1.807, 2.05) is 36.4 Å². The fourth-order valence-electron chi connectivity index (χ4n) is 2.27. The zero-order valence-electron chi connectivity index (χ0n) is 10.8. The fourth-order valence-corrected chi connectivity index (χ4v) is 2.27. The molecule has 1 amide bonds. The predicted octanol–water partition coefficient (Wildman–Crippen LogP) is 2.36. The molecular formula is C15H18N2O2. The minimum Gasteiger partial charge on any atom is -0.271 e. The molecule has 1 fully saturated rings. The molecule has 0 aromatic heterocycles. The minimum absolute atomic E-state index is 0.111. The van der Waals surface area contributed by atoms with Crippen LogP contribution in [0, 0.1) is 17.2 Å². The molecule has 4 heteroatoms. The average Bonchev–Trinajstić information content (AvgIpc) is 2.96. The van der Waals surface area contributed by atoms with E-state index in [4.69, 9.17) is 10.1 Å². The van der Waals surface area contributed by atoms with Gasteiger partial charge in [-0.25, -0.2) is 5.48 Å². The van der Waals surface area contributed by atoms with Crippen LogP contribution in [-0.2, 0) is 16.1 Å². The first-order valence-electron chi connectivity index (χ1n) is 6.68. The monoisotopic (exact) mass is 258 g/mol. The van der Waals surface area contributed by atoms with Crippen LogP contribution in [0.2, 0.25) is 0 Å². The van der Waals surface area contributed by atoms with Gasteiger partial charge >= 0.3 is 0 Å². The number of benzene rings is 1. The summed E-state index contributed by atoms with van der Waals surface area (Å²) in [5.74, 6) is -1.05. The van der Waals surface area contributed by atoms with Gasteiger partial charge in [0.25, 0.3) is 5.91 Å². The van der Waals surface area contributed by atoms with Crippen molar-refractivity contribution in [1.82, 2.24) is 5.48 Å². The van der Waals surface area contributed by atoms with Gasteiger partial charge in [0.2, 0.25) is 0 Å². The number of amides is 1. The highest BCUT2D eigenvalue weighted by molar-refractivity contribution is 5.80. The van der Waals surface area contributed by atoms with Crippen LogP contribution >= 0.6 is 0 Å². The van der Waals surface area contributed by atoms with E-state index < -0.39 is 5.92 Å². The van der Waals surface area contributed by atoms with E-state index in [-0.39, 0.29) is 12.0 Å². The Hall–Kier alpha value is -1.86. The van der Waals surface area contributed by atoms with Crippen molar-refractivity contribution in [2.45, 2.75) is 38.2 Å². The summed E-state index contributed by atoms with van der Waals surface area (Å²) in [4.78, 5) is 17.2. The summed E-state index contributed by atoms with van der Waals surface area (Å²) in [7, 11) is 0. The molecule has 100 valence electrons. The smallest absolute Gasteiger partial charge is 0.261 e. The second-order valence-electron chi connectivity index (χ2n) is 4.86. The van der Waals surface area contributed by atoms with E-state index in [0.717, 1.165) is 31.2 Å². The number of rotatable bonds is 5. The van der Waals surface area contributed by atoms with Crippen LogP contribution in [0.5, 0.6) is 0 Å². The van der Waals surface area contributed by atoms with Crippen molar-refractivity contribution >= 4 is 5.91 Å². The third-order valence-electron chi connectivity index (χ3n) is 3.38. The molecule has 0 bridgehead atoms. The van der Waals surface area contributed by atoms with Crippen molar-refractivity contribution < 1.29 is 9.63 Å². The van der Waals surface area contributed by atoms with Crippen molar-refractivity contribution in [2.75, 3.05) is 0 Å². The molecule has 0 saturated heterocycles. The summed E-state index contributed by atoms with van der Waals surface area (Å²) in [5, 5.41) is 9.08. The lowest BCUT2D eigenvalue weighted by molar-refractivity contribution is -0.140. The molecular weight excluding hydrogens is 240 g/mol. The van der Waals surface area contributed by atoms with Gasteiger partial charge in [-0.05, 0) is 24.8 Å². The highest BCUT2D eigenvalue weighted by atomic mass is 16.7. The number of nitrogens with one attached hydrogen (secondary N) is 1. The second kappa shape index (κ2) is 6.91. The first-order valence-corrected chi connectivity index (χ1v) is 6.68. The summed E-state index contributed by atoms with van der Waals surface area (Å²) in [6, 6.07) is 11.6. The zero-order chi connectivity index (χ0) is 13.5. The minimum atomic E-state index is -0.705. The number of hydrogen-bond acceptors (Lipinski definition) is 3. The highest BCUT2D eigenvalue weighted by Gasteiger charge is 2.21. The molecule has 1 aliphatic rings. The lowest BCUT2D eigenvalue weighted by Gasteiger charge is -2.14. The van der Waals surface area contributed by atoms with Crippen molar-refractivity contribution in [2.24, 2.45) is 5.92 Å². The number of carbonyl (C=O) groups is 1. The van der Waals surface area contributed by atoms with E-state index in [2.05, 4.69) is 5.48 Å². The lowest BCUT2D eigenvalue weighted by atomic mass is 10.0.